The van der Waals surface area contributed by atoms with E-state index in [1.54, 1.807) is 23.1 Å². The molecule has 0 radical (unpaired) electrons. The zero-order valence-electron chi connectivity index (χ0n) is 14.0. The highest BCUT2D eigenvalue weighted by Crippen LogP contribution is 2.13. The second-order valence-electron chi connectivity index (χ2n) is 5.98. The van der Waals surface area contributed by atoms with Gasteiger partial charge in [0.2, 0.25) is 0 Å². The summed E-state index contributed by atoms with van der Waals surface area (Å²) in [6.45, 7) is 3.35. The highest BCUT2D eigenvalue weighted by molar-refractivity contribution is 7.80. The van der Waals surface area contributed by atoms with E-state index < -0.39 is 11.3 Å². The average Bonchev–Trinajstić information content (AvgIpc) is 2.64. The maximum Gasteiger partial charge on any atom is 0.272 e. The van der Waals surface area contributed by atoms with Crippen LogP contribution < -0.4 is 4.72 Å². The number of nitrogens with zero attached hydrogens (tertiary/aromatic N) is 3. The molecule has 1 saturated heterocycles. The zero-order valence-corrected chi connectivity index (χ0v) is 14.8. The summed E-state index contributed by atoms with van der Waals surface area (Å²) in [6, 6.07) is 9.51. The number of aromatic nitrogens is 1. The molecule has 0 saturated carbocycles. The Kier molecular flexibility index (Phi) is 5.92. The summed E-state index contributed by atoms with van der Waals surface area (Å²) in [7, 11) is 0. The van der Waals surface area contributed by atoms with Crippen molar-refractivity contribution < 1.29 is 17.9 Å². The van der Waals surface area contributed by atoms with Crippen molar-refractivity contribution >= 4 is 22.9 Å². The van der Waals surface area contributed by atoms with Crippen LogP contribution in [-0.2, 0) is 17.8 Å². The van der Waals surface area contributed by atoms with Gasteiger partial charge in [0.25, 0.3) is 17.2 Å². The summed E-state index contributed by atoms with van der Waals surface area (Å²) in [5, 5.41) is 0. The highest BCUT2D eigenvalue weighted by Gasteiger charge is 2.23. The number of hydrogen-bond acceptors (Lipinski definition) is 4. The molecule has 1 amide bonds. The van der Waals surface area contributed by atoms with Crippen molar-refractivity contribution in [3.8, 4) is 0 Å². The molecule has 1 fully saturated rings. The van der Waals surface area contributed by atoms with E-state index in [2.05, 4.69) is 14.6 Å². The Balaban J connectivity index is 1.53. The van der Waals surface area contributed by atoms with E-state index >= 15 is 0 Å². The molecule has 7 nitrogen and oxygen atoms in total. The van der Waals surface area contributed by atoms with E-state index in [1.165, 1.54) is 24.4 Å². The number of halogens is 1. The number of carbonyl (C=O) groups is 1. The number of carbonyl (C=O) groups excluding carboxylic acids is 1. The van der Waals surface area contributed by atoms with Crippen LogP contribution in [0.4, 0.5) is 10.1 Å². The van der Waals surface area contributed by atoms with Crippen LogP contribution in [0, 0.1) is 5.82 Å². The number of pyridine rings is 1. The van der Waals surface area contributed by atoms with E-state index in [1.807, 2.05) is 0 Å². The van der Waals surface area contributed by atoms with Gasteiger partial charge in [0.1, 0.15) is 11.5 Å². The molecule has 1 aromatic carbocycles. The minimum absolute atomic E-state index is 0.164. The van der Waals surface area contributed by atoms with Crippen LogP contribution in [0.1, 0.15) is 16.1 Å². The summed E-state index contributed by atoms with van der Waals surface area (Å²) in [5.74, 6) is -0.411. The number of anilines is 1. The molecule has 138 valence electrons. The molecular formula is C17H19FN4O3S. The molecule has 3 rings (SSSR count). The van der Waals surface area contributed by atoms with Gasteiger partial charge in [0, 0.05) is 32.7 Å². The van der Waals surface area contributed by atoms with Crippen molar-refractivity contribution in [3.05, 3.63) is 59.7 Å². The first-order chi connectivity index (χ1) is 12.5. The molecule has 0 aliphatic carbocycles. The Labute approximate surface area is 153 Å². The van der Waals surface area contributed by atoms with Gasteiger partial charge in [-0.3, -0.25) is 19.0 Å². The fraction of sp³-hybridized carbons (Fsp3) is 0.294. The topological polar surface area (TPSA) is 85.8 Å². The maximum absolute atomic E-state index is 13.0. The zero-order chi connectivity index (χ0) is 18.5. The largest absolute Gasteiger partial charge is 0.335 e. The number of rotatable bonds is 5. The lowest BCUT2D eigenvalue weighted by molar-refractivity contribution is 0.0622. The second-order valence-corrected chi connectivity index (χ2v) is 6.68. The van der Waals surface area contributed by atoms with Gasteiger partial charge in [0.15, 0.2) is 0 Å². The number of hydrogen-bond donors (Lipinski definition) is 2. The number of piperazine rings is 1. The number of amides is 1. The first kappa shape index (κ1) is 18.4. The van der Waals surface area contributed by atoms with Crippen molar-refractivity contribution in [2.24, 2.45) is 0 Å². The smallest absolute Gasteiger partial charge is 0.272 e. The molecule has 26 heavy (non-hydrogen) atoms. The van der Waals surface area contributed by atoms with Gasteiger partial charge in [-0.05, 0) is 29.8 Å². The third kappa shape index (κ3) is 4.84. The lowest BCUT2D eigenvalue weighted by Crippen LogP contribution is -2.48. The fourth-order valence-corrected chi connectivity index (χ4v) is 3.12. The molecule has 9 heteroatoms. The van der Waals surface area contributed by atoms with Crippen LogP contribution in [0.25, 0.3) is 0 Å². The average molecular weight is 378 g/mol. The van der Waals surface area contributed by atoms with E-state index in [4.69, 9.17) is 4.55 Å². The van der Waals surface area contributed by atoms with E-state index in [0.717, 1.165) is 25.2 Å². The van der Waals surface area contributed by atoms with Gasteiger partial charge in [-0.2, -0.15) is 0 Å². The standard InChI is InChI=1S/C17H19FN4O3S/c18-14-3-1-13(2-4-14)12-21-7-9-22(10-8-21)17(23)16-6-5-15(11-19-16)20-26(24)25/h1-6,11,20H,7-10,12H2,(H,24,25). The predicted molar refractivity (Wildman–Crippen MR) is 96.2 cm³/mol. The van der Waals surface area contributed by atoms with Gasteiger partial charge in [-0.1, -0.05) is 12.1 Å². The Morgan fingerprint density at radius 3 is 2.42 bits per heavy atom. The third-order valence-corrected chi connectivity index (χ3v) is 4.58. The number of nitrogens with one attached hydrogen (secondary N) is 1. The molecule has 0 bridgehead atoms. The second kappa shape index (κ2) is 8.35. The van der Waals surface area contributed by atoms with Gasteiger partial charge in [0.05, 0.1) is 11.9 Å². The summed E-state index contributed by atoms with van der Waals surface area (Å²) >= 11 is -2.17. The van der Waals surface area contributed by atoms with Crippen LogP contribution in [0.15, 0.2) is 42.6 Å². The Bertz CT molecular complexity index is 778. The Morgan fingerprint density at radius 1 is 1.15 bits per heavy atom. The summed E-state index contributed by atoms with van der Waals surface area (Å²) in [5.41, 5.74) is 1.70. The van der Waals surface area contributed by atoms with Crippen molar-refractivity contribution in [1.29, 1.82) is 0 Å². The van der Waals surface area contributed by atoms with Gasteiger partial charge >= 0.3 is 0 Å². The van der Waals surface area contributed by atoms with Crippen molar-refractivity contribution in [1.82, 2.24) is 14.8 Å². The molecular weight excluding hydrogens is 359 g/mol. The fourth-order valence-electron chi connectivity index (χ4n) is 2.80. The molecule has 1 aliphatic heterocycles. The third-order valence-electron chi connectivity index (χ3n) is 4.17. The van der Waals surface area contributed by atoms with Crippen LogP contribution in [0.5, 0.6) is 0 Å². The Hall–Kier alpha value is -2.36. The molecule has 1 aromatic heterocycles. The van der Waals surface area contributed by atoms with Crippen LogP contribution in [0.2, 0.25) is 0 Å². The van der Waals surface area contributed by atoms with E-state index in [9.17, 15) is 13.4 Å². The van der Waals surface area contributed by atoms with Crippen LogP contribution in [-0.4, -0.2) is 55.6 Å². The molecule has 0 spiro atoms. The molecule has 1 unspecified atom stereocenters. The first-order valence-electron chi connectivity index (χ1n) is 8.11. The predicted octanol–water partition coefficient (Wildman–Crippen LogP) is 1.73. The van der Waals surface area contributed by atoms with Crippen molar-refractivity contribution in [2.45, 2.75) is 6.54 Å². The van der Waals surface area contributed by atoms with Gasteiger partial charge < -0.3 is 4.90 Å². The molecule has 2 aromatic rings. The van der Waals surface area contributed by atoms with Crippen LogP contribution in [0.3, 0.4) is 0 Å². The molecule has 2 heterocycles. The summed E-state index contributed by atoms with van der Waals surface area (Å²) < 4.78 is 34.7. The Morgan fingerprint density at radius 2 is 1.85 bits per heavy atom. The highest BCUT2D eigenvalue weighted by atomic mass is 32.2. The van der Waals surface area contributed by atoms with E-state index in [-0.39, 0.29) is 11.7 Å². The molecule has 2 N–H and O–H groups in total. The normalized spacial score (nSPS) is 16.3. The lowest BCUT2D eigenvalue weighted by atomic mass is 10.2. The van der Waals surface area contributed by atoms with Crippen molar-refractivity contribution in [2.75, 3.05) is 30.9 Å². The minimum atomic E-state index is -2.17. The maximum atomic E-state index is 13.0. The van der Waals surface area contributed by atoms with Crippen molar-refractivity contribution in [3.63, 3.8) is 0 Å². The van der Waals surface area contributed by atoms with Crippen LogP contribution >= 0.6 is 0 Å². The van der Waals surface area contributed by atoms with Gasteiger partial charge in [-0.25, -0.2) is 13.6 Å². The SMILES string of the molecule is O=C(c1ccc(NS(=O)O)cn1)N1CCN(Cc2ccc(F)cc2)CC1. The summed E-state index contributed by atoms with van der Waals surface area (Å²) in [4.78, 5) is 20.5. The lowest BCUT2D eigenvalue weighted by Gasteiger charge is -2.34. The molecule has 1 aliphatic rings. The summed E-state index contributed by atoms with van der Waals surface area (Å²) in [6.07, 6.45) is 1.35. The quantitative estimate of drug-likeness (QED) is 0.774. The molecule has 1 atom stereocenters. The number of benzene rings is 1. The first-order valence-corrected chi connectivity index (χ1v) is 9.21. The monoisotopic (exact) mass is 378 g/mol. The van der Waals surface area contributed by atoms with E-state index in [0.29, 0.717) is 24.5 Å². The minimum Gasteiger partial charge on any atom is -0.335 e. The van der Waals surface area contributed by atoms with Gasteiger partial charge in [-0.15, -0.1) is 0 Å².